The van der Waals surface area contributed by atoms with Crippen LogP contribution in [0.25, 0.3) is 5.69 Å². The molecule has 0 N–H and O–H groups in total. The van der Waals surface area contributed by atoms with E-state index in [-0.39, 0.29) is 11.3 Å². The Morgan fingerprint density at radius 2 is 1.78 bits per heavy atom. The Kier molecular flexibility index (Phi) is 5.21. The fourth-order valence-electron chi connectivity index (χ4n) is 5.18. The van der Waals surface area contributed by atoms with E-state index in [1.165, 1.54) is 17.0 Å². The molecule has 0 aliphatic carbocycles. The number of carbonyl (C=O) groups is 1. The summed E-state index contributed by atoms with van der Waals surface area (Å²) in [5.74, 6) is 0.797. The van der Waals surface area contributed by atoms with Gasteiger partial charge in [-0.3, -0.25) is 4.79 Å². The number of β-lactam (4-membered cyclic amide) rings is 1. The van der Waals surface area contributed by atoms with Gasteiger partial charge in [-0.15, -0.1) is 11.8 Å². The zero-order valence-electron chi connectivity index (χ0n) is 18.8. The third-order valence-corrected chi connectivity index (χ3v) is 8.35. The third-order valence-electron chi connectivity index (χ3n) is 6.54. The first-order valence-corrected chi connectivity index (χ1v) is 12.8. The van der Waals surface area contributed by atoms with Crippen molar-refractivity contribution < 1.29 is 9.53 Å². The van der Waals surface area contributed by atoms with E-state index in [0.29, 0.717) is 6.54 Å². The molecule has 0 unspecified atom stereocenters. The van der Waals surface area contributed by atoms with Crippen LogP contribution < -0.4 is 4.74 Å². The number of carbonyl (C=O) groups excluding carboxylic acids is 1. The number of aromatic nitrogens is 1. The number of amides is 1. The smallest absolute Gasteiger partial charge is 0.269 e. The second-order valence-corrected chi connectivity index (χ2v) is 11.4. The molecule has 6 heteroatoms. The number of hydrogen-bond donors (Lipinski definition) is 0. The molecule has 4 nitrogen and oxygen atoms in total. The lowest BCUT2D eigenvalue weighted by atomic mass is 9.87. The van der Waals surface area contributed by atoms with Crippen LogP contribution in [0.3, 0.4) is 0 Å². The van der Waals surface area contributed by atoms with E-state index in [2.05, 4.69) is 77.9 Å². The Labute approximate surface area is 202 Å². The van der Waals surface area contributed by atoms with Crippen LogP contribution in [0.15, 0.2) is 65.1 Å². The van der Waals surface area contributed by atoms with Crippen molar-refractivity contribution in [2.24, 2.45) is 5.41 Å². The molecule has 166 valence electrons. The molecule has 2 atom stereocenters. The number of halogens is 1. The molecule has 3 heterocycles. The van der Waals surface area contributed by atoms with Crippen LogP contribution in [0, 0.1) is 12.3 Å². The fraction of sp³-hybridized carbons (Fsp3) is 0.346. The van der Waals surface area contributed by atoms with Crippen LogP contribution in [0.1, 0.15) is 30.8 Å². The van der Waals surface area contributed by atoms with E-state index in [1.807, 2.05) is 35.2 Å². The van der Waals surface area contributed by atoms with Crippen LogP contribution in [0.5, 0.6) is 5.75 Å². The number of para-hydroxylation sites is 1. The first kappa shape index (κ1) is 21.7. The molecule has 2 aliphatic heterocycles. The maximum atomic E-state index is 13.4. The van der Waals surface area contributed by atoms with E-state index in [9.17, 15) is 4.79 Å². The summed E-state index contributed by atoms with van der Waals surface area (Å²) >= 11 is 5.26. The summed E-state index contributed by atoms with van der Waals surface area (Å²) in [5, 5.41) is 0. The Morgan fingerprint density at radius 1 is 1.09 bits per heavy atom. The Balaban J connectivity index is 1.69. The number of ether oxygens (including phenoxy) is 1. The molecule has 1 saturated heterocycles. The predicted molar refractivity (Wildman–Crippen MR) is 133 cm³/mol. The zero-order chi connectivity index (χ0) is 22.7. The average molecular weight is 511 g/mol. The summed E-state index contributed by atoms with van der Waals surface area (Å²) < 4.78 is 9.76. The van der Waals surface area contributed by atoms with Crippen LogP contribution in [0.2, 0.25) is 0 Å². The van der Waals surface area contributed by atoms with Gasteiger partial charge in [0.2, 0.25) is 6.10 Å². The van der Waals surface area contributed by atoms with Crippen molar-refractivity contribution in [1.82, 2.24) is 9.47 Å². The number of aryl methyl sites for hydroxylation is 1. The van der Waals surface area contributed by atoms with Gasteiger partial charge in [0.25, 0.3) is 5.91 Å². The van der Waals surface area contributed by atoms with Gasteiger partial charge in [-0.2, -0.15) is 0 Å². The summed E-state index contributed by atoms with van der Waals surface area (Å²) in [7, 11) is 0. The molecule has 0 radical (unpaired) electrons. The van der Waals surface area contributed by atoms with Gasteiger partial charge < -0.3 is 14.2 Å². The van der Waals surface area contributed by atoms with Crippen LogP contribution in [-0.4, -0.2) is 34.3 Å². The van der Waals surface area contributed by atoms with E-state index in [1.54, 1.807) is 11.8 Å². The number of rotatable bonds is 4. The lowest BCUT2D eigenvalue weighted by Gasteiger charge is -2.56. The number of fused-ring (bicyclic) bond motifs is 3. The van der Waals surface area contributed by atoms with E-state index >= 15 is 0 Å². The molecule has 0 spiro atoms. The normalized spacial score (nSPS) is 23.7. The monoisotopic (exact) mass is 510 g/mol. The second-order valence-electron chi connectivity index (χ2n) is 9.43. The van der Waals surface area contributed by atoms with Crippen molar-refractivity contribution in [3.63, 3.8) is 0 Å². The largest absolute Gasteiger partial charge is 0.477 e. The molecule has 1 fully saturated rings. The highest BCUT2D eigenvalue weighted by molar-refractivity contribution is 9.10. The predicted octanol–water partition coefficient (Wildman–Crippen LogP) is 5.94. The topological polar surface area (TPSA) is 34.5 Å². The van der Waals surface area contributed by atoms with E-state index < -0.39 is 11.0 Å². The van der Waals surface area contributed by atoms with Gasteiger partial charge in [0.1, 0.15) is 5.75 Å². The first-order chi connectivity index (χ1) is 15.3. The molecular weight excluding hydrogens is 484 g/mol. The molecule has 5 rings (SSSR count). The number of nitrogens with zero attached hydrogens (tertiary/aromatic N) is 2. The summed E-state index contributed by atoms with van der Waals surface area (Å²) in [6.45, 7) is 7.35. The number of thioether (sulfide) groups is 1. The van der Waals surface area contributed by atoms with Gasteiger partial charge in [0.15, 0.2) is 4.87 Å². The molecule has 32 heavy (non-hydrogen) atoms. The van der Waals surface area contributed by atoms with Crippen LogP contribution in [0.4, 0.5) is 0 Å². The maximum Gasteiger partial charge on any atom is 0.269 e. The second kappa shape index (κ2) is 7.70. The van der Waals surface area contributed by atoms with Gasteiger partial charge in [-0.05, 0) is 67.5 Å². The van der Waals surface area contributed by atoms with E-state index in [4.69, 9.17) is 4.74 Å². The molecular formula is C26H27BrN2O2S. The number of hydrogen-bond acceptors (Lipinski definition) is 3. The van der Waals surface area contributed by atoms with Crippen LogP contribution in [-0.2, 0) is 16.1 Å². The Hall–Kier alpha value is -2.18. The fourth-order valence-corrected chi connectivity index (χ4v) is 6.58. The molecule has 1 amide bonds. The Morgan fingerprint density at radius 3 is 2.44 bits per heavy atom. The average Bonchev–Trinajstić information content (AvgIpc) is 3.05. The maximum absolute atomic E-state index is 13.4. The zero-order valence-corrected chi connectivity index (χ0v) is 21.2. The summed E-state index contributed by atoms with van der Waals surface area (Å²) in [5.41, 5.74) is 4.70. The standard InChI is InChI=1S/C26H27BrN2O2S/c1-17-14-21-22(29(17)19-12-10-18(27)11-13-19)15-25(2,3)16-28-24(30)23(26(21,28)32-4)31-20-8-6-5-7-9-20/h5-14,23H,15-16H2,1-4H3/t23-,26-/m1/s1. The van der Waals surface area contributed by atoms with Crippen molar-refractivity contribution >= 4 is 33.6 Å². The van der Waals surface area contributed by atoms with Crippen molar-refractivity contribution in [2.45, 2.75) is 38.2 Å². The summed E-state index contributed by atoms with van der Waals surface area (Å²) in [6, 6.07) is 20.4. The van der Waals surface area contributed by atoms with E-state index in [0.717, 1.165) is 22.3 Å². The molecule has 2 aliphatic rings. The molecule has 3 aromatic rings. The minimum atomic E-state index is -0.548. The van der Waals surface area contributed by atoms with Gasteiger partial charge in [0.05, 0.1) is 0 Å². The highest BCUT2D eigenvalue weighted by atomic mass is 79.9. The van der Waals surface area contributed by atoms with Gasteiger partial charge in [-0.25, -0.2) is 0 Å². The summed E-state index contributed by atoms with van der Waals surface area (Å²) in [6.07, 6.45) is 2.43. The van der Waals surface area contributed by atoms with Gasteiger partial charge in [0, 0.05) is 33.7 Å². The first-order valence-electron chi connectivity index (χ1n) is 10.8. The van der Waals surface area contributed by atoms with Crippen LogP contribution >= 0.6 is 27.7 Å². The highest BCUT2D eigenvalue weighted by Gasteiger charge is 2.66. The van der Waals surface area contributed by atoms with Crippen molar-refractivity contribution in [3.8, 4) is 11.4 Å². The lowest BCUT2D eigenvalue weighted by Crippen LogP contribution is -2.72. The minimum Gasteiger partial charge on any atom is -0.477 e. The molecule has 0 saturated carbocycles. The van der Waals surface area contributed by atoms with Gasteiger partial charge >= 0.3 is 0 Å². The molecule has 0 bridgehead atoms. The van der Waals surface area contributed by atoms with Crippen molar-refractivity contribution in [1.29, 1.82) is 0 Å². The summed E-state index contributed by atoms with van der Waals surface area (Å²) in [4.78, 5) is 14.9. The molecule has 2 aromatic carbocycles. The van der Waals surface area contributed by atoms with Gasteiger partial charge in [-0.1, -0.05) is 48.0 Å². The highest BCUT2D eigenvalue weighted by Crippen LogP contribution is 2.56. The quantitative estimate of drug-likeness (QED) is 0.407. The third kappa shape index (κ3) is 3.22. The Bertz CT molecular complexity index is 1170. The number of benzene rings is 2. The lowest BCUT2D eigenvalue weighted by molar-refractivity contribution is -0.171. The van der Waals surface area contributed by atoms with Crippen molar-refractivity contribution in [3.05, 3.63) is 82.1 Å². The minimum absolute atomic E-state index is 0.0580. The van der Waals surface area contributed by atoms with Crippen molar-refractivity contribution in [2.75, 3.05) is 12.8 Å². The molecule has 1 aromatic heterocycles. The SMILES string of the molecule is CS[C@@]12c3cc(C)n(-c4ccc(Br)cc4)c3CC(C)(C)CN1C(=O)[C@H]2Oc1ccccc1.